The van der Waals surface area contributed by atoms with Crippen LogP contribution in [0, 0.1) is 0 Å². The van der Waals surface area contributed by atoms with Crippen LogP contribution < -0.4 is 9.47 Å². The molecule has 0 spiro atoms. The Hall–Kier alpha value is -2.40. The Morgan fingerprint density at radius 1 is 1.00 bits per heavy atom. The molecule has 106 valence electrons. The van der Waals surface area contributed by atoms with Crippen molar-refractivity contribution in [3.8, 4) is 33.5 Å². The van der Waals surface area contributed by atoms with E-state index in [-0.39, 0.29) is 0 Å². The van der Waals surface area contributed by atoms with Crippen molar-refractivity contribution in [3.63, 3.8) is 0 Å². The first-order valence-electron chi connectivity index (χ1n) is 6.41. The minimum absolute atomic E-state index is 0.743. The van der Waals surface area contributed by atoms with E-state index in [1.165, 1.54) is 0 Å². The number of aromatic nitrogens is 2. The molecule has 0 aliphatic carbocycles. The molecule has 0 atom stereocenters. The van der Waals surface area contributed by atoms with E-state index in [2.05, 4.69) is 9.97 Å². The number of benzene rings is 1. The van der Waals surface area contributed by atoms with Gasteiger partial charge < -0.3 is 9.47 Å². The number of pyridine rings is 1. The van der Waals surface area contributed by atoms with E-state index in [1.807, 2.05) is 41.8 Å². The van der Waals surface area contributed by atoms with Gasteiger partial charge in [-0.1, -0.05) is 6.07 Å². The lowest BCUT2D eigenvalue weighted by molar-refractivity contribution is 0.395. The molecule has 0 aliphatic heterocycles. The second kappa shape index (κ2) is 5.93. The van der Waals surface area contributed by atoms with Crippen molar-refractivity contribution in [3.05, 3.63) is 48.0 Å². The average molecular weight is 298 g/mol. The zero-order chi connectivity index (χ0) is 14.7. The van der Waals surface area contributed by atoms with Crippen molar-refractivity contribution >= 4 is 11.3 Å². The second-order valence-electron chi connectivity index (χ2n) is 4.32. The smallest absolute Gasteiger partial charge is 0.142 e. The number of thiazole rings is 1. The van der Waals surface area contributed by atoms with Crippen molar-refractivity contribution < 1.29 is 9.47 Å². The standard InChI is InChI=1S/C16H14N2O2S/c1-19-11-6-7-12(15(9-11)20-2)14-10-21-16(18-14)13-5-3-4-8-17-13/h3-10H,1-2H3. The summed E-state index contributed by atoms with van der Waals surface area (Å²) >= 11 is 1.57. The second-order valence-corrected chi connectivity index (χ2v) is 5.18. The maximum Gasteiger partial charge on any atom is 0.142 e. The fourth-order valence-electron chi connectivity index (χ4n) is 2.01. The maximum absolute atomic E-state index is 5.43. The summed E-state index contributed by atoms with van der Waals surface area (Å²) in [6.07, 6.45) is 1.77. The molecule has 5 heteroatoms. The molecule has 0 amide bonds. The quantitative estimate of drug-likeness (QED) is 0.733. The zero-order valence-electron chi connectivity index (χ0n) is 11.7. The van der Waals surface area contributed by atoms with Crippen molar-refractivity contribution in [2.75, 3.05) is 14.2 Å². The van der Waals surface area contributed by atoms with Crippen LogP contribution in [-0.4, -0.2) is 24.2 Å². The summed E-state index contributed by atoms with van der Waals surface area (Å²) in [5.74, 6) is 1.50. The van der Waals surface area contributed by atoms with E-state index < -0.39 is 0 Å². The summed E-state index contributed by atoms with van der Waals surface area (Å²) in [6, 6.07) is 11.5. The van der Waals surface area contributed by atoms with Crippen molar-refractivity contribution in [2.45, 2.75) is 0 Å². The minimum Gasteiger partial charge on any atom is -0.497 e. The third kappa shape index (κ3) is 2.73. The van der Waals surface area contributed by atoms with Gasteiger partial charge in [0, 0.05) is 23.2 Å². The fraction of sp³-hybridized carbons (Fsp3) is 0.125. The van der Waals surface area contributed by atoms with Gasteiger partial charge in [-0.25, -0.2) is 4.98 Å². The molecule has 21 heavy (non-hydrogen) atoms. The lowest BCUT2D eigenvalue weighted by atomic mass is 10.1. The highest BCUT2D eigenvalue weighted by atomic mass is 32.1. The number of methoxy groups -OCH3 is 2. The predicted molar refractivity (Wildman–Crippen MR) is 83.9 cm³/mol. The normalized spacial score (nSPS) is 10.4. The molecule has 0 saturated heterocycles. The van der Waals surface area contributed by atoms with Crippen LogP contribution in [0.2, 0.25) is 0 Å². The molecule has 4 nitrogen and oxygen atoms in total. The minimum atomic E-state index is 0.743. The predicted octanol–water partition coefficient (Wildman–Crippen LogP) is 3.89. The number of hydrogen-bond acceptors (Lipinski definition) is 5. The van der Waals surface area contributed by atoms with Crippen LogP contribution in [0.15, 0.2) is 48.0 Å². The molecule has 0 unspecified atom stereocenters. The number of hydrogen-bond donors (Lipinski definition) is 0. The first-order valence-corrected chi connectivity index (χ1v) is 7.29. The van der Waals surface area contributed by atoms with Crippen LogP contribution in [-0.2, 0) is 0 Å². The summed E-state index contributed by atoms with van der Waals surface area (Å²) < 4.78 is 10.6. The summed E-state index contributed by atoms with van der Waals surface area (Å²) in [4.78, 5) is 8.97. The Morgan fingerprint density at radius 2 is 1.90 bits per heavy atom. The molecular weight excluding hydrogens is 284 g/mol. The Labute approximate surface area is 127 Å². The molecule has 2 heterocycles. The average Bonchev–Trinajstić information content (AvgIpc) is 3.04. The Bertz CT molecular complexity index is 741. The maximum atomic E-state index is 5.43. The third-order valence-corrected chi connectivity index (χ3v) is 3.94. The Morgan fingerprint density at radius 3 is 2.62 bits per heavy atom. The highest BCUT2D eigenvalue weighted by Crippen LogP contribution is 2.35. The van der Waals surface area contributed by atoms with E-state index in [4.69, 9.17) is 9.47 Å². The van der Waals surface area contributed by atoms with Crippen LogP contribution in [0.3, 0.4) is 0 Å². The molecule has 1 aromatic carbocycles. The lowest BCUT2D eigenvalue weighted by Gasteiger charge is -2.08. The van der Waals surface area contributed by atoms with Gasteiger partial charge in [-0.05, 0) is 24.3 Å². The molecule has 3 rings (SSSR count). The molecular formula is C16H14N2O2S. The first-order chi connectivity index (χ1) is 10.3. The van der Waals surface area contributed by atoms with Gasteiger partial charge in [0.25, 0.3) is 0 Å². The summed E-state index contributed by atoms with van der Waals surface area (Å²) in [5, 5.41) is 2.90. The van der Waals surface area contributed by atoms with Crippen LogP contribution in [0.4, 0.5) is 0 Å². The van der Waals surface area contributed by atoms with Gasteiger partial charge in [0.05, 0.1) is 25.6 Å². The highest BCUT2D eigenvalue weighted by molar-refractivity contribution is 7.13. The number of nitrogens with zero attached hydrogens (tertiary/aromatic N) is 2. The molecule has 0 radical (unpaired) electrons. The van der Waals surface area contributed by atoms with Gasteiger partial charge >= 0.3 is 0 Å². The van der Waals surface area contributed by atoms with E-state index in [1.54, 1.807) is 31.8 Å². The van der Waals surface area contributed by atoms with Crippen molar-refractivity contribution in [1.29, 1.82) is 0 Å². The zero-order valence-corrected chi connectivity index (χ0v) is 12.6. The van der Waals surface area contributed by atoms with Crippen molar-refractivity contribution in [1.82, 2.24) is 9.97 Å². The molecule has 0 N–H and O–H groups in total. The van der Waals surface area contributed by atoms with Crippen LogP contribution in [0.5, 0.6) is 11.5 Å². The van der Waals surface area contributed by atoms with E-state index in [9.17, 15) is 0 Å². The van der Waals surface area contributed by atoms with Gasteiger partial charge in [-0.2, -0.15) is 0 Å². The van der Waals surface area contributed by atoms with Gasteiger partial charge in [0.15, 0.2) is 0 Å². The largest absolute Gasteiger partial charge is 0.497 e. The monoisotopic (exact) mass is 298 g/mol. The van der Waals surface area contributed by atoms with E-state index >= 15 is 0 Å². The van der Waals surface area contributed by atoms with E-state index in [0.29, 0.717) is 0 Å². The van der Waals surface area contributed by atoms with Gasteiger partial charge in [-0.15, -0.1) is 11.3 Å². The molecule has 0 bridgehead atoms. The summed E-state index contributed by atoms with van der Waals surface area (Å²) in [6.45, 7) is 0. The Kier molecular flexibility index (Phi) is 3.83. The van der Waals surface area contributed by atoms with Crippen LogP contribution >= 0.6 is 11.3 Å². The van der Waals surface area contributed by atoms with Gasteiger partial charge in [-0.3, -0.25) is 4.98 Å². The van der Waals surface area contributed by atoms with Crippen LogP contribution in [0.1, 0.15) is 0 Å². The van der Waals surface area contributed by atoms with Crippen molar-refractivity contribution in [2.24, 2.45) is 0 Å². The molecule has 3 aromatic rings. The molecule has 2 aromatic heterocycles. The lowest BCUT2D eigenvalue weighted by Crippen LogP contribution is -1.90. The fourth-order valence-corrected chi connectivity index (χ4v) is 2.81. The third-order valence-electron chi connectivity index (χ3n) is 3.07. The highest BCUT2D eigenvalue weighted by Gasteiger charge is 2.12. The SMILES string of the molecule is COc1ccc(-c2csc(-c3ccccn3)n2)c(OC)c1. The number of ether oxygens (including phenoxy) is 2. The molecule has 0 fully saturated rings. The Balaban J connectivity index is 2.00. The van der Waals surface area contributed by atoms with Crippen LogP contribution in [0.25, 0.3) is 22.0 Å². The van der Waals surface area contributed by atoms with Gasteiger partial charge in [0.2, 0.25) is 0 Å². The molecule has 0 saturated carbocycles. The number of rotatable bonds is 4. The van der Waals surface area contributed by atoms with Gasteiger partial charge in [0.1, 0.15) is 16.5 Å². The first kappa shape index (κ1) is 13.6. The molecule has 0 aliphatic rings. The van der Waals surface area contributed by atoms with E-state index in [0.717, 1.165) is 33.5 Å². The topological polar surface area (TPSA) is 44.2 Å². The summed E-state index contributed by atoms with van der Waals surface area (Å²) in [5.41, 5.74) is 2.69. The summed E-state index contributed by atoms with van der Waals surface area (Å²) in [7, 11) is 3.28.